The summed E-state index contributed by atoms with van der Waals surface area (Å²) < 4.78 is 0. The van der Waals surface area contributed by atoms with Crippen LogP contribution in [0.25, 0.3) is 0 Å². The Morgan fingerprint density at radius 3 is 2.62 bits per heavy atom. The fraction of sp³-hybridized carbons (Fsp3) is 0.316. The third-order valence-electron chi connectivity index (χ3n) is 4.35. The maximum absolute atomic E-state index is 12.4. The fourth-order valence-corrected chi connectivity index (χ4v) is 3.74. The van der Waals surface area contributed by atoms with E-state index in [1.165, 1.54) is 5.56 Å². The number of carbonyl (C=O) groups excluding carboxylic acids is 1. The van der Waals surface area contributed by atoms with E-state index in [1.54, 1.807) is 18.0 Å². The van der Waals surface area contributed by atoms with Gasteiger partial charge in [-0.2, -0.15) is 5.26 Å². The third-order valence-corrected chi connectivity index (χ3v) is 5.43. The molecule has 2 aromatic rings. The van der Waals surface area contributed by atoms with Crippen LogP contribution in [0.5, 0.6) is 0 Å². The Morgan fingerprint density at radius 1 is 1.25 bits per heavy atom. The van der Waals surface area contributed by atoms with E-state index in [0.717, 1.165) is 29.2 Å². The first-order valence-electron chi connectivity index (χ1n) is 8.06. The molecule has 1 heterocycles. The van der Waals surface area contributed by atoms with Crippen molar-refractivity contribution in [3.05, 3.63) is 54.4 Å². The Balaban J connectivity index is 1.58. The number of benzene rings is 1. The third kappa shape index (κ3) is 3.77. The van der Waals surface area contributed by atoms with Gasteiger partial charge in [0.25, 0.3) is 0 Å². The summed E-state index contributed by atoms with van der Waals surface area (Å²) in [5.74, 6) is 0.690. The minimum Gasteiger partial charge on any atom is -0.325 e. The number of rotatable bonds is 5. The molecule has 0 radical (unpaired) electrons. The van der Waals surface area contributed by atoms with Gasteiger partial charge >= 0.3 is 0 Å². The van der Waals surface area contributed by atoms with Gasteiger partial charge < -0.3 is 5.32 Å². The lowest BCUT2D eigenvalue weighted by molar-refractivity contribution is -0.122. The Bertz CT molecular complexity index is 731. The first kappa shape index (κ1) is 16.5. The molecule has 1 fully saturated rings. The van der Waals surface area contributed by atoms with Crippen molar-refractivity contribution in [1.82, 2.24) is 4.98 Å². The van der Waals surface area contributed by atoms with Gasteiger partial charge in [0.2, 0.25) is 5.91 Å². The number of nitrogens with zero attached hydrogens (tertiary/aromatic N) is 2. The number of anilines is 1. The molecule has 1 N–H and O–H groups in total. The zero-order chi connectivity index (χ0) is 16.8. The highest BCUT2D eigenvalue weighted by atomic mass is 32.2. The number of nitriles is 1. The first-order valence-corrected chi connectivity index (χ1v) is 9.05. The molecule has 0 aliphatic heterocycles. The summed E-state index contributed by atoms with van der Waals surface area (Å²) in [7, 11) is 0. The first-order chi connectivity index (χ1) is 11.7. The van der Waals surface area contributed by atoms with Crippen LogP contribution in [0, 0.1) is 16.7 Å². The Kier molecular flexibility index (Phi) is 5.17. The number of hydrogen-bond donors (Lipinski definition) is 1. The van der Waals surface area contributed by atoms with Gasteiger partial charge in [-0.05, 0) is 48.7 Å². The van der Waals surface area contributed by atoms with E-state index in [-0.39, 0.29) is 5.91 Å². The second-order valence-corrected chi connectivity index (χ2v) is 7.08. The van der Waals surface area contributed by atoms with E-state index in [1.807, 2.05) is 36.5 Å². The molecular weight excluding hydrogens is 318 g/mol. The number of aromatic nitrogens is 1. The molecule has 0 unspecified atom stereocenters. The largest absolute Gasteiger partial charge is 0.325 e. The smallest absolute Gasteiger partial charge is 0.244 e. The lowest BCUT2D eigenvalue weighted by Crippen LogP contribution is -2.32. The predicted octanol–water partition coefficient (Wildman–Crippen LogP) is 4.40. The zero-order valence-electron chi connectivity index (χ0n) is 13.4. The monoisotopic (exact) mass is 337 g/mol. The minimum atomic E-state index is -0.840. The highest BCUT2D eigenvalue weighted by molar-refractivity contribution is 7.98. The quantitative estimate of drug-likeness (QED) is 0.821. The van der Waals surface area contributed by atoms with Crippen LogP contribution in [-0.2, 0) is 10.5 Å². The molecule has 0 spiro atoms. The number of hydrogen-bond acceptors (Lipinski definition) is 4. The lowest BCUT2D eigenvalue weighted by atomic mass is 9.87. The van der Waals surface area contributed by atoms with Crippen molar-refractivity contribution in [2.75, 3.05) is 5.32 Å². The van der Waals surface area contributed by atoms with Gasteiger partial charge in [-0.15, -0.1) is 11.8 Å². The summed E-state index contributed by atoms with van der Waals surface area (Å²) in [5, 5.41) is 12.3. The van der Waals surface area contributed by atoms with Gasteiger partial charge in [-0.1, -0.05) is 18.9 Å². The molecule has 24 heavy (non-hydrogen) atoms. The summed E-state index contributed by atoms with van der Waals surface area (Å²) >= 11 is 1.73. The molecule has 1 aromatic heterocycles. The van der Waals surface area contributed by atoms with Crippen LogP contribution in [0.1, 0.15) is 31.2 Å². The second-order valence-electron chi connectivity index (χ2n) is 6.03. The van der Waals surface area contributed by atoms with Crippen LogP contribution in [-0.4, -0.2) is 10.9 Å². The van der Waals surface area contributed by atoms with Crippen LogP contribution in [0.3, 0.4) is 0 Å². The molecule has 1 aliphatic rings. The molecule has 1 aliphatic carbocycles. The van der Waals surface area contributed by atoms with Crippen molar-refractivity contribution in [3.63, 3.8) is 0 Å². The average Bonchev–Trinajstić information content (AvgIpc) is 3.12. The van der Waals surface area contributed by atoms with Crippen LogP contribution in [0.4, 0.5) is 5.69 Å². The van der Waals surface area contributed by atoms with Crippen LogP contribution in [0.2, 0.25) is 0 Å². The molecule has 122 valence electrons. The van der Waals surface area contributed by atoms with E-state index < -0.39 is 5.41 Å². The van der Waals surface area contributed by atoms with E-state index >= 15 is 0 Å². The maximum Gasteiger partial charge on any atom is 0.244 e. The molecular formula is C19H19N3OS. The van der Waals surface area contributed by atoms with Crippen LogP contribution >= 0.6 is 11.8 Å². The average molecular weight is 337 g/mol. The van der Waals surface area contributed by atoms with Crippen molar-refractivity contribution in [1.29, 1.82) is 5.26 Å². The van der Waals surface area contributed by atoms with Gasteiger partial charge in [0.1, 0.15) is 5.41 Å². The van der Waals surface area contributed by atoms with Crippen LogP contribution in [0.15, 0.2) is 53.7 Å². The Morgan fingerprint density at radius 2 is 2.00 bits per heavy atom. The van der Waals surface area contributed by atoms with Gasteiger partial charge in [0, 0.05) is 28.7 Å². The lowest BCUT2D eigenvalue weighted by Gasteiger charge is -2.19. The van der Waals surface area contributed by atoms with E-state index in [2.05, 4.69) is 22.4 Å². The predicted molar refractivity (Wildman–Crippen MR) is 95.4 cm³/mol. The Labute approximate surface area is 146 Å². The minimum absolute atomic E-state index is 0.168. The molecule has 0 saturated heterocycles. The summed E-state index contributed by atoms with van der Waals surface area (Å²) in [4.78, 5) is 17.7. The van der Waals surface area contributed by atoms with E-state index in [4.69, 9.17) is 0 Å². The van der Waals surface area contributed by atoms with Crippen molar-refractivity contribution in [3.8, 4) is 6.07 Å². The van der Waals surface area contributed by atoms with E-state index in [0.29, 0.717) is 12.8 Å². The number of amides is 1. The van der Waals surface area contributed by atoms with Gasteiger partial charge in [0.05, 0.1) is 6.07 Å². The molecule has 4 nitrogen and oxygen atoms in total. The highest BCUT2D eigenvalue weighted by Crippen LogP contribution is 2.38. The maximum atomic E-state index is 12.4. The molecule has 1 saturated carbocycles. The van der Waals surface area contributed by atoms with Gasteiger partial charge in [0.15, 0.2) is 0 Å². The molecule has 1 aromatic carbocycles. The molecule has 1 amide bonds. The summed E-state index contributed by atoms with van der Waals surface area (Å²) in [5.41, 5.74) is 1.08. The van der Waals surface area contributed by atoms with Crippen molar-refractivity contribution in [2.24, 2.45) is 5.41 Å². The van der Waals surface area contributed by atoms with Crippen molar-refractivity contribution < 1.29 is 4.79 Å². The summed E-state index contributed by atoms with van der Waals surface area (Å²) in [6.45, 7) is 0. The van der Waals surface area contributed by atoms with E-state index in [9.17, 15) is 10.1 Å². The number of thioether (sulfide) groups is 1. The molecule has 5 heteroatoms. The molecule has 0 bridgehead atoms. The Hall–Kier alpha value is -2.32. The summed E-state index contributed by atoms with van der Waals surface area (Å²) in [6, 6.07) is 14.0. The highest BCUT2D eigenvalue weighted by Gasteiger charge is 2.41. The van der Waals surface area contributed by atoms with Gasteiger partial charge in [-0.3, -0.25) is 9.78 Å². The van der Waals surface area contributed by atoms with Crippen molar-refractivity contribution in [2.45, 2.75) is 36.3 Å². The van der Waals surface area contributed by atoms with Gasteiger partial charge in [-0.25, -0.2) is 0 Å². The standard InChI is InChI=1S/C19H19N3OS/c20-14-19(9-1-2-10-19)18(23)22-16-5-7-17(8-6-16)24-13-15-4-3-11-21-12-15/h3-8,11-12H,1-2,9-10,13H2,(H,22,23). The van der Waals surface area contributed by atoms with Crippen molar-refractivity contribution >= 4 is 23.4 Å². The number of carbonyl (C=O) groups is 1. The fourth-order valence-electron chi connectivity index (χ4n) is 2.90. The normalized spacial score (nSPS) is 15.6. The topological polar surface area (TPSA) is 65.8 Å². The second kappa shape index (κ2) is 7.50. The number of nitrogens with one attached hydrogen (secondary N) is 1. The molecule has 3 rings (SSSR count). The molecule has 0 atom stereocenters. The van der Waals surface area contributed by atoms with Crippen LogP contribution < -0.4 is 5.32 Å². The summed E-state index contributed by atoms with van der Waals surface area (Å²) in [6.07, 6.45) is 6.85. The zero-order valence-corrected chi connectivity index (χ0v) is 14.2. The SMILES string of the molecule is N#CC1(C(=O)Nc2ccc(SCc3cccnc3)cc2)CCCC1. The number of pyridine rings is 1.